The van der Waals surface area contributed by atoms with E-state index in [1.807, 2.05) is 0 Å². The summed E-state index contributed by atoms with van der Waals surface area (Å²) in [5, 5.41) is 12.3. The molecule has 0 spiro atoms. The lowest BCUT2D eigenvalue weighted by molar-refractivity contribution is -0.148. The Kier molecular flexibility index (Phi) is 2.86. The van der Waals surface area contributed by atoms with E-state index in [4.69, 9.17) is 5.73 Å². The van der Waals surface area contributed by atoms with Gasteiger partial charge in [0.15, 0.2) is 5.13 Å². The van der Waals surface area contributed by atoms with Crippen LogP contribution in [0.15, 0.2) is 18.2 Å². The van der Waals surface area contributed by atoms with E-state index in [1.165, 1.54) is 11.3 Å². The largest absolute Gasteiger partial charge is 0.480 e. The number of nitrogens with one attached hydrogen (secondary N) is 1. The molecule has 0 radical (unpaired) electrons. The predicted octanol–water partition coefficient (Wildman–Crippen LogP) is 1.62. The predicted molar refractivity (Wildman–Crippen MR) is 75.7 cm³/mol. The minimum absolute atomic E-state index is 0.374. The van der Waals surface area contributed by atoms with Gasteiger partial charge < -0.3 is 16.2 Å². The van der Waals surface area contributed by atoms with Crippen molar-refractivity contribution in [2.45, 2.75) is 24.8 Å². The number of hydrogen-bond acceptors (Lipinski definition) is 5. The number of thiazole rings is 1. The highest BCUT2D eigenvalue weighted by Gasteiger charge is 2.45. The number of carboxylic acids is 1. The van der Waals surface area contributed by atoms with Gasteiger partial charge in [-0.05, 0) is 37.5 Å². The molecule has 2 aromatic rings. The summed E-state index contributed by atoms with van der Waals surface area (Å²) in [5.74, 6) is -1.35. The van der Waals surface area contributed by atoms with Crippen molar-refractivity contribution in [3.05, 3.63) is 23.8 Å². The molecule has 7 heteroatoms. The SMILES string of the molecule is Nc1nc2ccc(C(=O)NC3(C(=O)O)CCC3)cc2s1. The molecule has 0 bridgehead atoms. The summed E-state index contributed by atoms with van der Waals surface area (Å²) in [4.78, 5) is 27.5. The summed E-state index contributed by atoms with van der Waals surface area (Å²) in [6, 6.07) is 5.03. The number of aromatic nitrogens is 1. The quantitative estimate of drug-likeness (QED) is 0.796. The van der Waals surface area contributed by atoms with Crippen LogP contribution < -0.4 is 11.1 Å². The molecule has 1 aliphatic carbocycles. The lowest BCUT2D eigenvalue weighted by atomic mass is 9.76. The van der Waals surface area contributed by atoms with E-state index in [0.29, 0.717) is 23.5 Å². The lowest BCUT2D eigenvalue weighted by Crippen LogP contribution is -2.59. The Morgan fingerprint density at radius 2 is 2.15 bits per heavy atom. The summed E-state index contributed by atoms with van der Waals surface area (Å²) in [6.45, 7) is 0. The van der Waals surface area contributed by atoms with Crippen LogP contribution in [0.4, 0.5) is 5.13 Å². The first-order chi connectivity index (χ1) is 9.50. The number of nitrogens with zero attached hydrogens (tertiary/aromatic N) is 1. The van der Waals surface area contributed by atoms with Gasteiger partial charge in [0.05, 0.1) is 10.2 Å². The maximum atomic E-state index is 12.2. The number of nitrogen functional groups attached to an aromatic ring is 1. The van der Waals surface area contributed by atoms with Crippen LogP contribution in [0.25, 0.3) is 10.2 Å². The number of anilines is 1. The number of benzene rings is 1. The topological polar surface area (TPSA) is 105 Å². The third-order valence-electron chi connectivity index (χ3n) is 3.64. The number of rotatable bonds is 3. The molecule has 6 nitrogen and oxygen atoms in total. The van der Waals surface area contributed by atoms with Crippen molar-refractivity contribution < 1.29 is 14.7 Å². The second-order valence-corrected chi connectivity index (χ2v) is 5.99. The van der Waals surface area contributed by atoms with Gasteiger partial charge in [0.1, 0.15) is 5.54 Å². The van der Waals surface area contributed by atoms with E-state index in [9.17, 15) is 14.7 Å². The highest BCUT2D eigenvalue weighted by atomic mass is 32.1. The number of amides is 1. The number of carbonyl (C=O) groups is 2. The Morgan fingerprint density at radius 1 is 1.40 bits per heavy atom. The van der Waals surface area contributed by atoms with Gasteiger partial charge in [0.2, 0.25) is 0 Å². The molecule has 1 heterocycles. The van der Waals surface area contributed by atoms with Gasteiger partial charge in [-0.3, -0.25) is 4.79 Å². The molecular weight excluding hydrogens is 278 g/mol. The number of carbonyl (C=O) groups excluding carboxylic acids is 1. The van der Waals surface area contributed by atoms with Crippen molar-refractivity contribution in [1.82, 2.24) is 10.3 Å². The van der Waals surface area contributed by atoms with E-state index in [2.05, 4.69) is 10.3 Å². The number of fused-ring (bicyclic) bond motifs is 1. The van der Waals surface area contributed by atoms with Crippen LogP contribution in [0.2, 0.25) is 0 Å². The van der Waals surface area contributed by atoms with Gasteiger partial charge in [0.25, 0.3) is 5.91 Å². The second-order valence-electron chi connectivity index (χ2n) is 4.93. The minimum atomic E-state index is -1.10. The third kappa shape index (κ3) is 2.00. The van der Waals surface area contributed by atoms with Crippen LogP contribution >= 0.6 is 11.3 Å². The average molecular weight is 291 g/mol. The Bertz CT molecular complexity index is 706. The summed E-state index contributed by atoms with van der Waals surface area (Å²) in [5.41, 5.74) is 5.68. The number of aliphatic carboxylic acids is 1. The van der Waals surface area contributed by atoms with Crippen molar-refractivity contribution in [2.75, 3.05) is 5.73 Å². The zero-order valence-electron chi connectivity index (χ0n) is 10.5. The van der Waals surface area contributed by atoms with Crippen LogP contribution in [0.1, 0.15) is 29.6 Å². The molecule has 3 rings (SSSR count). The molecule has 1 aromatic carbocycles. The zero-order valence-corrected chi connectivity index (χ0v) is 11.4. The molecule has 0 saturated heterocycles. The van der Waals surface area contributed by atoms with Gasteiger partial charge in [0, 0.05) is 5.56 Å². The maximum absolute atomic E-state index is 12.2. The summed E-state index contributed by atoms with van der Waals surface area (Å²) in [6.07, 6.45) is 1.77. The highest BCUT2D eigenvalue weighted by molar-refractivity contribution is 7.22. The van der Waals surface area contributed by atoms with E-state index in [0.717, 1.165) is 16.6 Å². The van der Waals surface area contributed by atoms with Crippen LogP contribution in [0.5, 0.6) is 0 Å². The fourth-order valence-corrected chi connectivity index (χ4v) is 3.07. The molecule has 104 valence electrons. The molecule has 1 amide bonds. The van der Waals surface area contributed by atoms with E-state index >= 15 is 0 Å². The molecule has 1 saturated carbocycles. The third-order valence-corrected chi connectivity index (χ3v) is 4.48. The number of carboxylic acid groups (broad SMARTS) is 1. The first-order valence-electron chi connectivity index (χ1n) is 6.22. The van der Waals surface area contributed by atoms with E-state index in [-0.39, 0.29) is 5.91 Å². The summed E-state index contributed by atoms with van der Waals surface area (Å²) < 4.78 is 0.813. The van der Waals surface area contributed by atoms with Crippen molar-refractivity contribution in [3.8, 4) is 0 Å². The monoisotopic (exact) mass is 291 g/mol. The Morgan fingerprint density at radius 3 is 2.75 bits per heavy atom. The molecule has 20 heavy (non-hydrogen) atoms. The minimum Gasteiger partial charge on any atom is -0.480 e. The fraction of sp³-hybridized carbons (Fsp3) is 0.308. The molecule has 0 aliphatic heterocycles. The molecular formula is C13H13N3O3S. The first kappa shape index (κ1) is 12.9. The summed E-state index contributed by atoms with van der Waals surface area (Å²) in [7, 11) is 0. The molecule has 1 aliphatic rings. The van der Waals surface area contributed by atoms with Crippen molar-refractivity contribution >= 4 is 38.6 Å². The number of hydrogen-bond donors (Lipinski definition) is 3. The molecule has 0 unspecified atom stereocenters. The zero-order chi connectivity index (χ0) is 14.3. The fourth-order valence-electron chi connectivity index (χ4n) is 2.30. The van der Waals surface area contributed by atoms with Crippen molar-refractivity contribution in [2.24, 2.45) is 0 Å². The molecule has 1 fully saturated rings. The standard InChI is InChI=1S/C13H13N3O3S/c14-12-15-8-3-2-7(6-9(8)20-12)10(17)16-13(11(18)19)4-1-5-13/h2-3,6H,1,4-5H2,(H2,14,15)(H,16,17)(H,18,19). The van der Waals surface area contributed by atoms with Gasteiger partial charge in [-0.25, -0.2) is 9.78 Å². The van der Waals surface area contributed by atoms with Gasteiger partial charge in [-0.1, -0.05) is 11.3 Å². The second kappa shape index (κ2) is 4.45. The normalized spacial score (nSPS) is 16.6. The molecule has 4 N–H and O–H groups in total. The van der Waals surface area contributed by atoms with Crippen LogP contribution in [-0.2, 0) is 4.79 Å². The number of nitrogens with two attached hydrogens (primary N) is 1. The molecule has 1 aromatic heterocycles. The average Bonchev–Trinajstić information content (AvgIpc) is 2.71. The van der Waals surface area contributed by atoms with E-state index in [1.54, 1.807) is 18.2 Å². The van der Waals surface area contributed by atoms with Crippen molar-refractivity contribution in [1.29, 1.82) is 0 Å². The van der Waals surface area contributed by atoms with Gasteiger partial charge >= 0.3 is 5.97 Å². The van der Waals surface area contributed by atoms with Crippen LogP contribution in [0, 0.1) is 0 Å². The Hall–Kier alpha value is -2.15. The first-order valence-corrected chi connectivity index (χ1v) is 7.04. The summed E-state index contributed by atoms with van der Waals surface area (Å²) >= 11 is 1.30. The van der Waals surface area contributed by atoms with E-state index < -0.39 is 11.5 Å². The van der Waals surface area contributed by atoms with Gasteiger partial charge in [-0.2, -0.15) is 0 Å². The van der Waals surface area contributed by atoms with Crippen LogP contribution in [0.3, 0.4) is 0 Å². The maximum Gasteiger partial charge on any atom is 0.329 e. The van der Waals surface area contributed by atoms with Gasteiger partial charge in [-0.15, -0.1) is 0 Å². The van der Waals surface area contributed by atoms with Crippen LogP contribution in [-0.4, -0.2) is 27.5 Å². The molecule has 0 atom stereocenters. The smallest absolute Gasteiger partial charge is 0.329 e. The lowest BCUT2D eigenvalue weighted by Gasteiger charge is -2.38. The Labute approximate surface area is 118 Å². The van der Waals surface area contributed by atoms with Crippen molar-refractivity contribution in [3.63, 3.8) is 0 Å². The highest BCUT2D eigenvalue weighted by Crippen LogP contribution is 2.32. The Balaban J connectivity index is 1.86.